The molecule has 182 valence electrons. The Morgan fingerprint density at radius 3 is 1.89 bits per heavy atom. The molecular weight excluding hydrogens is 454 g/mol. The van der Waals surface area contributed by atoms with Crippen LogP contribution in [0.1, 0.15) is 11.1 Å². The van der Waals surface area contributed by atoms with Gasteiger partial charge in [-0.05, 0) is 23.3 Å². The molecule has 0 unspecified atom stereocenters. The van der Waals surface area contributed by atoms with Crippen molar-refractivity contribution in [1.29, 1.82) is 0 Å². The van der Waals surface area contributed by atoms with E-state index in [4.69, 9.17) is 0 Å². The van der Waals surface area contributed by atoms with Crippen LogP contribution in [0.5, 0.6) is 0 Å². The average Bonchev–Trinajstić information content (AvgIpc) is 2.94. The largest absolute Gasteiger partial charge is 0.353 e. The van der Waals surface area contributed by atoms with Crippen LogP contribution >= 0.6 is 0 Å². The minimum atomic E-state index is -0.348. The first-order chi connectivity index (χ1) is 17.7. The third-order valence-electron chi connectivity index (χ3n) is 6.25. The molecule has 36 heavy (non-hydrogen) atoms. The summed E-state index contributed by atoms with van der Waals surface area (Å²) in [6.45, 7) is 3.58. The number of aromatic nitrogens is 3. The fourth-order valence-corrected chi connectivity index (χ4v) is 4.49. The van der Waals surface area contributed by atoms with Crippen molar-refractivity contribution in [2.75, 3.05) is 40.9 Å². The van der Waals surface area contributed by atoms with Crippen LogP contribution in [0, 0.1) is 10.1 Å². The fraction of sp³-hybridized carbons (Fsp3) is 0.222. The van der Waals surface area contributed by atoms with Crippen molar-refractivity contribution in [2.45, 2.75) is 13.1 Å². The maximum absolute atomic E-state index is 12.4. The molecule has 1 fully saturated rings. The Labute approximate surface area is 209 Å². The van der Waals surface area contributed by atoms with E-state index in [0.717, 1.165) is 16.9 Å². The number of nitrogens with zero attached hydrogens (tertiary/aromatic N) is 7. The maximum atomic E-state index is 12.4. The molecule has 1 aliphatic rings. The maximum Gasteiger partial charge on any atom is 0.353 e. The van der Waals surface area contributed by atoms with E-state index < -0.39 is 0 Å². The van der Waals surface area contributed by atoms with Crippen LogP contribution in [-0.4, -0.2) is 46.1 Å². The predicted molar refractivity (Wildman–Crippen MR) is 140 cm³/mol. The zero-order valence-corrected chi connectivity index (χ0v) is 19.8. The summed E-state index contributed by atoms with van der Waals surface area (Å²) in [6, 6.07) is 25.7. The van der Waals surface area contributed by atoms with Crippen molar-refractivity contribution >= 4 is 23.1 Å². The molecule has 3 heterocycles. The number of hydrogen-bond acceptors (Lipinski definition) is 8. The molecule has 2 aromatic carbocycles. The molecule has 4 aromatic rings. The molecule has 0 saturated carbocycles. The van der Waals surface area contributed by atoms with Gasteiger partial charge >= 0.3 is 5.69 Å². The summed E-state index contributed by atoms with van der Waals surface area (Å²) in [4.78, 5) is 31.5. The highest BCUT2D eigenvalue weighted by Crippen LogP contribution is 2.36. The second kappa shape index (κ2) is 10.8. The van der Waals surface area contributed by atoms with Crippen molar-refractivity contribution in [3.8, 4) is 0 Å². The van der Waals surface area contributed by atoms with Gasteiger partial charge in [0.05, 0.1) is 4.92 Å². The lowest BCUT2D eigenvalue weighted by Gasteiger charge is -2.36. The summed E-state index contributed by atoms with van der Waals surface area (Å²) in [5.41, 5.74) is 2.04. The van der Waals surface area contributed by atoms with E-state index in [1.165, 1.54) is 6.33 Å². The summed E-state index contributed by atoms with van der Waals surface area (Å²) in [7, 11) is 0. The van der Waals surface area contributed by atoms with E-state index in [2.05, 4.69) is 19.9 Å². The van der Waals surface area contributed by atoms with Gasteiger partial charge in [0.1, 0.15) is 12.1 Å². The molecule has 0 bridgehead atoms. The molecule has 0 aliphatic carbocycles. The van der Waals surface area contributed by atoms with Gasteiger partial charge in [0.15, 0.2) is 0 Å². The van der Waals surface area contributed by atoms with E-state index in [1.54, 1.807) is 6.20 Å². The van der Waals surface area contributed by atoms with Crippen molar-refractivity contribution in [3.05, 3.63) is 113 Å². The summed E-state index contributed by atoms with van der Waals surface area (Å²) < 4.78 is 0. The van der Waals surface area contributed by atoms with Crippen LogP contribution in [0.3, 0.4) is 0 Å². The summed E-state index contributed by atoms with van der Waals surface area (Å²) in [6.07, 6.45) is 3.21. The van der Waals surface area contributed by atoms with E-state index in [0.29, 0.717) is 50.9 Å². The Kier molecular flexibility index (Phi) is 6.98. The third kappa shape index (κ3) is 5.25. The fourth-order valence-electron chi connectivity index (χ4n) is 4.49. The predicted octanol–water partition coefficient (Wildman–Crippen LogP) is 4.31. The van der Waals surface area contributed by atoms with Gasteiger partial charge in [-0.25, -0.2) is 15.0 Å². The van der Waals surface area contributed by atoms with E-state index in [1.807, 2.05) is 88.7 Å². The molecule has 1 saturated heterocycles. The van der Waals surface area contributed by atoms with Crippen LogP contribution in [0.2, 0.25) is 0 Å². The molecule has 0 amide bonds. The molecule has 0 spiro atoms. The minimum Gasteiger partial charge on any atom is -0.353 e. The Bertz CT molecular complexity index is 1240. The monoisotopic (exact) mass is 481 g/mol. The molecule has 0 atom stereocenters. The van der Waals surface area contributed by atoms with Crippen LogP contribution in [-0.2, 0) is 13.1 Å². The zero-order valence-electron chi connectivity index (χ0n) is 19.8. The van der Waals surface area contributed by atoms with Crippen molar-refractivity contribution < 1.29 is 4.92 Å². The zero-order chi connectivity index (χ0) is 24.7. The SMILES string of the molecule is O=[N+]([O-])c1c(N2CCN(c3ccccn3)CC2)ncnc1N(Cc1ccccc1)Cc1ccccc1. The number of benzene rings is 2. The van der Waals surface area contributed by atoms with Gasteiger partial charge in [0, 0.05) is 45.5 Å². The highest BCUT2D eigenvalue weighted by Gasteiger charge is 2.32. The molecule has 9 heteroatoms. The topological polar surface area (TPSA) is 91.5 Å². The Morgan fingerprint density at radius 2 is 1.33 bits per heavy atom. The van der Waals surface area contributed by atoms with Gasteiger partial charge in [-0.2, -0.15) is 0 Å². The van der Waals surface area contributed by atoms with E-state index in [-0.39, 0.29) is 10.6 Å². The standard InChI is InChI=1S/C27H27N7O2/c35-34(36)25-26(32-17-15-31(16-18-32)24-13-7-8-14-28-24)29-21-30-27(25)33(19-22-9-3-1-4-10-22)20-23-11-5-2-6-12-23/h1-14,21H,15-20H2. The van der Waals surface area contributed by atoms with Crippen LogP contribution in [0.15, 0.2) is 91.4 Å². The van der Waals surface area contributed by atoms with E-state index >= 15 is 0 Å². The van der Waals surface area contributed by atoms with Crippen molar-refractivity contribution in [1.82, 2.24) is 15.0 Å². The lowest BCUT2D eigenvalue weighted by atomic mass is 10.1. The van der Waals surface area contributed by atoms with Gasteiger partial charge in [0.25, 0.3) is 0 Å². The first-order valence-electron chi connectivity index (χ1n) is 11.9. The normalized spacial score (nSPS) is 13.4. The van der Waals surface area contributed by atoms with Gasteiger partial charge < -0.3 is 14.7 Å². The van der Waals surface area contributed by atoms with Crippen molar-refractivity contribution in [3.63, 3.8) is 0 Å². The van der Waals surface area contributed by atoms with Crippen molar-refractivity contribution in [2.24, 2.45) is 0 Å². The molecular formula is C27H27N7O2. The van der Waals surface area contributed by atoms with Gasteiger partial charge in [-0.1, -0.05) is 66.7 Å². The highest BCUT2D eigenvalue weighted by molar-refractivity contribution is 5.71. The molecule has 2 aromatic heterocycles. The molecule has 1 aliphatic heterocycles. The van der Waals surface area contributed by atoms with Crippen LogP contribution in [0.25, 0.3) is 0 Å². The smallest absolute Gasteiger partial charge is 0.353 e. The highest BCUT2D eigenvalue weighted by atomic mass is 16.6. The molecule has 0 radical (unpaired) electrons. The number of nitro groups is 1. The average molecular weight is 482 g/mol. The quantitative estimate of drug-likeness (QED) is 0.272. The lowest BCUT2D eigenvalue weighted by Crippen LogP contribution is -2.47. The second-order valence-electron chi connectivity index (χ2n) is 8.62. The number of hydrogen-bond donors (Lipinski definition) is 0. The Balaban J connectivity index is 1.46. The minimum absolute atomic E-state index is 0.0596. The summed E-state index contributed by atoms with van der Waals surface area (Å²) >= 11 is 0. The lowest BCUT2D eigenvalue weighted by molar-refractivity contribution is -0.383. The van der Waals surface area contributed by atoms with Gasteiger partial charge in [-0.3, -0.25) is 10.1 Å². The van der Waals surface area contributed by atoms with Gasteiger partial charge in [-0.15, -0.1) is 0 Å². The van der Waals surface area contributed by atoms with Crippen LogP contribution < -0.4 is 14.7 Å². The number of rotatable bonds is 8. The molecule has 9 nitrogen and oxygen atoms in total. The van der Waals surface area contributed by atoms with E-state index in [9.17, 15) is 10.1 Å². The Hall–Kier alpha value is -4.53. The van der Waals surface area contributed by atoms with Gasteiger partial charge in [0.2, 0.25) is 11.6 Å². The number of anilines is 3. The third-order valence-corrected chi connectivity index (χ3v) is 6.25. The summed E-state index contributed by atoms with van der Waals surface area (Å²) in [5, 5.41) is 12.4. The first-order valence-corrected chi connectivity index (χ1v) is 11.9. The first kappa shape index (κ1) is 23.2. The molecule has 0 N–H and O–H groups in total. The molecule has 5 rings (SSSR count). The number of pyridine rings is 1. The van der Waals surface area contributed by atoms with Crippen LogP contribution in [0.4, 0.5) is 23.1 Å². The summed E-state index contributed by atoms with van der Waals surface area (Å²) in [5.74, 6) is 1.59. The Morgan fingerprint density at radius 1 is 0.750 bits per heavy atom. The number of piperazine rings is 1. The second-order valence-corrected chi connectivity index (χ2v) is 8.62.